The number of carboxylic acids is 1. The highest BCUT2D eigenvalue weighted by molar-refractivity contribution is 5.81. The third-order valence-corrected chi connectivity index (χ3v) is 9.81. The molecule has 370 valence electrons. The Bertz CT molecular complexity index is 1970. The van der Waals surface area contributed by atoms with Crippen molar-refractivity contribution in [2.24, 2.45) is 0 Å². The van der Waals surface area contributed by atoms with E-state index in [0.29, 0.717) is 24.3 Å². The molecule has 65 heavy (non-hydrogen) atoms. The van der Waals surface area contributed by atoms with Crippen molar-refractivity contribution in [2.45, 2.75) is 116 Å². The summed E-state index contributed by atoms with van der Waals surface area (Å²) in [6, 6.07) is 2.66. The molecule has 2 aromatic carbocycles. The van der Waals surface area contributed by atoms with Gasteiger partial charge in [0.25, 0.3) is 0 Å². The fraction of sp³-hybridized carbons (Fsp3) is 0.588. The summed E-state index contributed by atoms with van der Waals surface area (Å²) < 4.78 is 359. The van der Waals surface area contributed by atoms with Crippen molar-refractivity contribution in [1.29, 1.82) is 0 Å². The quantitative estimate of drug-likeness (QED) is 0.146. The second kappa shape index (κ2) is 16.6. The van der Waals surface area contributed by atoms with Gasteiger partial charge in [0.05, 0.1) is 0 Å². The zero-order chi connectivity index (χ0) is 51.0. The van der Waals surface area contributed by atoms with Gasteiger partial charge in [0, 0.05) is 18.8 Å². The van der Waals surface area contributed by atoms with Crippen LogP contribution in [0, 0.1) is 0 Å². The lowest BCUT2D eigenvalue weighted by Gasteiger charge is -2.39. The highest BCUT2D eigenvalue weighted by Crippen LogP contribution is 2.62. The van der Waals surface area contributed by atoms with Crippen LogP contribution in [0.2, 0.25) is 0 Å². The number of alkyl halides is 26. The summed E-state index contributed by atoms with van der Waals surface area (Å²) in [5, 5.41) is 10.7. The molecule has 0 fully saturated rings. The number of nitrogens with one attached hydrogen (secondary N) is 1. The number of hydrogen-bond acceptors (Lipinski definition) is 3. The van der Waals surface area contributed by atoms with Crippen molar-refractivity contribution in [3.05, 3.63) is 58.7 Å². The van der Waals surface area contributed by atoms with Crippen LogP contribution in [0.15, 0.2) is 36.4 Å². The molecular weight excluding hydrogens is 980 g/mol. The highest BCUT2D eigenvalue weighted by Gasteiger charge is 2.92. The van der Waals surface area contributed by atoms with Crippen LogP contribution in [0.25, 0.3) is 11.1 Å². The van der Waals surface area contributed by atoms with Gasteiger partial charge in [-0.05, 0) is 53.1 Å². The Morgan fingerprint density at radius 3 is 1.12 bits per heavy atom. The molecule has 0 heterocycles. The predicted molar refractivity (Wildman–Crippen MR) is 164 cm³/mol. The molecule has 1 atom stereocenters. The molecule has 31 heteroatoms. The number of rotatable bonds is 18. The summed E-state index contributed by atoms with van der Waals surface area (Å²) in [6.07, 6.45) is -25.7. The molecule has 5 nitrogen and oxygen atoms in total. The van der Waals surface area contributed by atoms with Crippen LogP contribution in [0.3, 0.4) is 0 Å². The lowest BCUT2D eigenvalue weighted by Crippen LogP contribution is -2.70. The minimum atomic E-state index is -8.20. The molecule has 0 aromatic heterocycles. The smallest absolute Gasteiger partial charge is 0.460 e. The molecule has 0 radical (unpaired) electrons. The Balaban J connectivity index is 2.02. The van der Waals surface area contributed by atoms with Crippen molar-refractivity contribution in [1.82, 2.24) is 5.32 Å². The van der Waals surface area contributed by atoms with Gasteiger partial charge in [0.2, 0.25) is 0 Å². The van der Waals surface area contributed by atoms with E-state index in [2.05, 4.69) is 0 Å². The van der Waals surface area contributed by atoms with Gasteiger partial charge in [-0.15, -0.1) is 0 Å². The molecule has 0 saturated heterocycles. The summed E-state index contributed by atoms with van der Waals surface area (Å²) in [6.45, 7) is -0.227. The molecule has 1 aliphatic rings. The van der Waals surface area contributed by atoms with Crippen molar-refractivity contribution >= 4 is 12.1 Å². The summed E-state index contributed by atoms with van der Waals surface area (Å²) in [7, 11) is 0. The van der Waals surface area contributed by atoms with Gasteiger partial charge in [-0.25, -0.2) is 4.79 Å². The van der Waals surface area contributed by atoms with Crippen LogP contribution in [-0.2, 0) is 22.4 Å². The number of halogens is 26. The third-order valence-electron chi connectivity index (χ3n) is 9.81. The predicted octanol–water partition coefficient (Wildman–Crippen LogP) is 12.3. The molecule has 2 aromatic rings. The lowest BCUT2D eigenvalue weighted by molar-refractivity contribution is -0.440. The van der Waals surface area contributed by atoms with Crippen molar-refractivity contribution in [2.75, 3.05) is 6.61 Å². The Morgan fingerprint density at radius 2 is 0.831 bits per heavy atom. The average molecular weight is 1000 g/mol. The monoisotopic (exact) mass is 1000 g/mol. The van der Waals surface area contributed by atoms with E-state index in [9.17, 15) is 124 Å². The number of benzene rings is 2. The van der Waals surface area contributed by atoms with Crippen molar-refractivity contribution < 1.29 is 134 Å². The molecule has 2 N–H and O–H groups in total. The first-order valence-corrected chi connectivity index (χ1v) is 17.1. The Hall–Kier alpha value is -4.64. The Labute approximate surface area is 344 Å². The van der Waals surface area contributed by atoms with Crippen LogP contribution in [-0.4, -0.2) is 101 Å². The third kappa shape index (κ3) is 8.87. The summed E-state index contributed by atoms with van der Waals surface area (Å²) in [5.74, 6) is -80.4. The number of carboxylic acid groups (broad SMARTS) is 1. The second-order valence-electron chi connectivity index (χ2n) is 14.2. The number of amides is 1. The van der Waals surface area contributed by atoms with Crippen LogP contribution >= 0.6 is 0 Å². The van der Waals surface area contributed by atoms with E-state index in [4.69, 9.17) is 9.84 Å². The first-order chi connectivity index (χ1) is 28.7. The van der Waals surface area contributed by atoms with E-state index in [1.807, 2.05) is 0 Å². The number of fused-ring (bicyclic) bond motifs is 3. The first-order valence-electron chi connectivity index (χ1n) is 17.1. The van der Waals surface area contributed by atoms with Crippen LogP contribution in [0.4, 0.5) is 119 Å². The van der Waals surface area contributed by atoms with Crippen molar-refractivity contribution in [3.63, 3.8) is 0 Å². The van der Waals surface area contributed by atoms with Crippen LogP contribution in [0.1, 0.15) is 47.9 Å². The van der Waals surface area contributed by atoms with E-state index in [1.165, 1.54) is 0 Å². The molecule has 3 rings (SSSR count). The highest BCUT2D eigenvalue weighted by atomic mass is 19.4. The van der Waals surface area contributed by atoms with E-state index in [0.717, 1.165) is 19.1 Å². The zero-order valence-electron chi connectivity index (χ0n) is 31.2. The van der Waals surface area contributed by atoms with Gasteiger partial charge in [-0.3, -0.25) is 4.79 Å². The van der Waals surface area contributed by atoms with Gasteiger partial charge in [0.15, 0.2) is 0 Å². The fourth-order valence-corrected chi connectivity index (χ4v) is 5.91. The Morgan fingerprint density at radius 1 is 0.523 bits per heavy atom. The van der Waals surface area contributed by atoms with E-state index in [-0.39, 0.29) is 22.3 Å². The summed E-state index contributed by atoms with van der Waals surface area (Å²) >= 11 is 0. The maximum Gasteiger partial charge on any atom is 0.460 e. The molecule has 0 aliphatic heterocycles. The molecule has 0 unspecified atom stereocenters. The molecular formula is C34H23F26NO4. The van der Waals surface area contributed by atoms with Gasteiger partial charge in [-0.2, -0.15) is 114 Å². The number of aliphatic carboxylic acids is 1. The number of ether oxygens (including phenoxy) is 1. The molecule has 0 saturated carbocycles. The molecule has 1 aliphatic carbocycles. The number of alkyl carbamates (subject to hydrolysis) is 1. The number of carbonyl (C=O) groups excluding carboxylic acids is 1. The SMILES string of the molecule is C[C@@H](NC(=O)OCC1c2cc(CCC(F)(F)C(F)(F)C(F)(F)C(F)(F)C(F)(F)C(F)(F)F)ccc2-c2ccc(CCC(F)(F)C(F)(F)C(F)(F)C(F)(F)C(F)(F)C(F)(F)F)cc21)C(=O)O. The minimum absolute atomic E-state index is 0.176. The average Bonchev–Trinajstić information content (AvgIpc) is 3.45. The van der Waals surface area contributed by atoms with Gasteiger partial charge in [0.1, 0.15) is 12.6 Å². The lowest BCUT2D eigenvalue weighted by atomic mass is 9.90. The van der Waals surface area contributed by atoms with Crippen molar-refractivity contribution in [3.8, 4) is 11.1 Å². The zero-order valence-corrected chi connectivity index (χ0v) is 31.2. The van der Waals surface area contributed by atoms with Gasteiger partial charge >= 0.3 is 83.6 Å². The van der Waals surface area contributed by atoms with Gasteiger partial charge in [-0.1, -0.05) is 36.4 Å². The largest absolute Gasteiger partial charge is 0.480 e. The normalized spacial score (nSPS) is 16.0. The van der Waals surface area contributed by atoms with E-state index < -0.39 is 139 Å². The van der Waals surface area contributed by atoms with E-state index >= 15 is 0 Å². The second-order valence-corrected chi connectivity index (χ2v) is 14.2. The number of hydrogen-bond donors (Lipinski definition) is 2. The summed E-state index contributed by atoms with van der Waals surface area (Å²) in [5.41, 5.74) is -2.54. The minimum Gasteiger partial charge on any atom is -0.480 e. The fourth-order valence-electron chi connectivity index (χ4n) is 5.91. The van der Waals surface area contributed by atoms with Crippen LogP contribution in [0.5, 0.6) is 0 Å². The molecule has 0 bridgehead atoms. The van der Waals surface area contributed by atoms with Gasteiger partial charge < -0.3 is 15.2 Å². The Kier molecular flexibility index (Phi) is 14.0. The maximum atomic E-state index is 14.6. The van der Waals surface area contributed by atoms with Crippen LogP contribution < -0.4 is 5.32 Å². The summed E-state index contributed by atoms with van der Waals surface area (Å²) in [4.78, 5) is 23.3. The maximum absolute atomic E-state index is 14.6. The molecule has 1 amide bonds. The molecule has 0 spiro atoms. The topological polar surface area (TPSA) is 75.6 Å². The van der Waals surface area contributed by atoms with E-state index in [1.54, 1.807) is 5.32 Å². The number of aryl methyl sites for hydroxylation is 2. The number of carbonyl (C=O) groups is 2. The first kappa shape index (κ1) is 54.7. The standard InChI is InChI=1S/C34H23F26NO4/c1-13(21(62)63)61-22(64)65-12-20-18-10-14(6-8-23(35,36)25(39,40)27(43,44)29(47,48)31(51,52)33(55,56)57)2-4-16(18)17-5-3-15(11-19(17)20)7-9-24(37,38)26(41,42)28(45,46)30(49,50)32(53,54)34(58,59)60/h2-5,10-11,13,20H,6-9,12H2,1H3,(H,61,64)(H,62,63)/t13-/m1/s1.